The zero-order valence-electron chi connectivity index (χ0n) is 10.6. The molecule has 0 saturated carbocycles. The smallest absolute Gasteiger partial charge is 0.124 e. The van der Waals surface area contributed by atoms with Crippen molar-refractivity contribution in [2.45, 2.75) is 13.5 Å². The number of nitrogens with one attached hydrogen (secondary N) is 1. The van der Waals surface area contributed by atoms with Crippen molar-refractivity contribution < 1.29 is 4.74 Å². The molecule has 0 saturated heterocycles. The summed E-state index contributed by atoms with van der Waals surface area (Å²) < 4.78 is 5.58. The summed E-state index contributed by atoms with van der Waals surface area (Å²) in [5, 5.41) is 4.68. The van der Waals surface area contributed by atoms with Gasteiger partial charge >= 0.3 is 0 Å². The van der Waals surface area contributed by atoms with Crippen LogP contribution in [0.1, 0.15) is 12.5 Å². The number of ether oxygens (including phenoxy) is 1. The molecule has 0 heterocycles. The van der Waals surface area contributed by atoms with E-state index in [1.54, 1.807) is 0 Å². The Balaban J connectivity index is 2.14. The first-order chi connectivity index (χ1) is 9.20. The average Bonchev–Trinajstić information content (AvgIpc) is 2.41. The van der Waals surface area contributed by atoms with Crippen molar-refractivity contribution in [3.63, 3.8) is 0 Å². The van der Waals surface area contributed by atoms with Gasteiger partial charge in [0, 0.05) is 17.1 Å². The van der Waals surface area contributed by atoms with Crippen LogP contribution in [0.3, 0.4) is 0 Å². The first-order valence-electron chi connectivity index (χ1n) is 6.10. The highest BCUT2D eigenvalue weighted by Crippen LogP contribution is 2.26. The van der Waals surface area contributed by atoms with Crippen molar-refractivity contribution in [2.24, 2.45) is 0 Å². The molecule has 0 aromatic heterocycles. The van der Waals surface area contributed by atoms with Gasteiger partial charge in [-0.2, -0.15) is 0 Å². The minimum Gasteiger partial charge on any atom is -0.494 e. The molecule has 100 valence electrons. The number of benzene rings is 2. The van der Waals surface area contributed by atoms with Gasteiger partial charge in [-0.05, 0) is 37.3 Å². The van der Waals surface area contributed by atoms with E-state index >= 15 is 0 Å². The van der Waals surface area contributed by atoms with Gasteiger partial charge in [-0.15, -0.1) is 0 Å². The fourth-order valence-electron chi connectivity index (χ4n) is 1.78. The van der Waals surface area contributed by atoms with Crippen LogP contribution in [-0.4, -0.2) is 6.61 Å². The Morgan fingerprint density at radius 3 is 2.63 bits per heavy atom. The van der Waals surface area contributed by atoms with Crippen LogP contribution < -0.4 is 10.1 Å². The molecule has 19 heavy (non-hydrogen) atoms. The molecule has 2 nitrogen and oxygen atoms in total. The molecule has 2 rings (SSSR count). The lowest BCUT2D eigenvalue weighted by Crippen LogP contribution is -2.03. The molecule has 0 aliphatic rings. The Morgan fingerprint density at radius 2 is 1.89 bits per heavy atom. The fourth-order valence-corrected chi connectivity index (χ4v) is 2.17. The van der Waals surface area contributed by atoms with Crippen LogP contribution >= 0.6 is 23.2 Å². The van der Waals surface area contributed by atoms with Crippen molar-refractivity contribution in [2.75, 3.05) is 11.9 Å². The number of halogens is 2. The molecule has 0 atom stereocenters. The minimum atomic E-state index is 0.611. The topological polar surface area (TPSA) is 21.3 Å². The monoisotopic (exact) mass is 295 g/mol. The molecular formula is C15H15Cl2NO. The van der Waals surface area contributed by atoms with Crippen LogP contribution in [0.4, 0.5) is 5.69 Å². The Kier molecular flexibility index (Phi) is 4.94. The Bertz CT molecular complexity index is 558. The van der Waals surface area contributed by atoms with Crippen LogP contribution in [0, 0.1) is 0 Å². The highest BCUT2D eigenvalue weighted by molar-refractivity contribution is 6.33. The quantitative estimate of drug-likeness (QED) is 0.838. The summed E-state index contributed by atoms with van der Waals surface area (Å²) in [6, 6.07) is 13.2. The zero-order valence-corrected chi connectivity index (χ0v) is 12.1. The Labute approximate surface area is 123 Å². The number of hydrogen-bond donors (Lipinski definition) is 1. The van der Waals surface area contributed by atoms with E-state index in [1.807, 2.05) is 49.4 Å². The van der Waals surface area contributed by atoms with Crippen molar-refractivity contribution in [1.29, 1.82) is 0 Å². The van der Waals surface area contributed by atoms with Crippen LogP contribution in [0.5, 0.6) is 5.75 Å². The maximum Gasteiger partial charge on any atom is 0.124 e. The van der Waals surface area contributed by atoms with E-state index in [0.717, 1.165) is 17.0 Å². The van der Waals surface area contributed by atoms with Gasteiger partial charge in [-0.1, -0.05) is 35.3 Å². The first kappa shape index (κ1) is 14.0. The van der Waals surface area contributed by atoms with E-state index in [9.17, 15) is 0 Å². The Morgan fingerprint density at radius 1 is 1.11 bits per heavy atom. The SMILES string of the molecule is CCOc1ccc(Cl)cc1CNc1ccccc1Cl. The minimum absolute atomic E-state index is 0.611. The summed E-state index contributed by atoms with van der Waals surface area (Å²) >= 11 is 12.1. The standard InChI is InChI=1S/C15H15Cl2NO/c1-2-19-15-8-7-12(16)9-11(15)10-18-14-6-4-3-5-13(14)17/h3-9,18H,2,10H2,1H3. The van der Waals surface area contributed by atoms with Gasteiger partial charge in [0.2, 0.25) is 0 Å². The van der Waals surface area contributed by atoms with Gasteiger partial charge in [-0.3, -0.25) is 0 Å². The summed E-state index contributed by atoms with van der Waals surface area (Å²) in [5.41, 5.74) is 1.90. The van der Waals surface area contributed by atoms with Gasteiger partial charge in [-0.25, -0.2) is 0 Å². The molecule has 0 aliphatic heterocycles. The van der Waals surface area contributed by atoms with Crippen LogP contribution in [0.15, 0.2) is 42.5 Å². The highest BCUT2D eigenvalue weighted by atomic mass is 35.5. The molecule has 4 heteroatoms. The molecule has 0 amide bonds. The third-order valence-corrected chi connectivity index (χ3v) is 3.23. The lowest BCUT2D eigenvalue weighted by molar-refractivity contribution is 0.337. The van der Waals surface area contributed by atoms with E-state index in [0.29, 0.717) is 23.2 Å². The van der Waals surface area contributed by atoms with Gasteiger partial charge in [0.25, 0.3) is 0 Å². The average molecular weight is 296 g/mol. The summed E-state index contributed by atoms with van der Waals surface area (Å²) in [6.07, 6.45) is 0. The number of anilines is 1. The predicted octanol–water partition coefficient (Wildman–Crippen LogP) is 5.00. The van der Waals surface area contributed by atoms with Crippen LogP contribution in [0.25, 0.3) is 0 Å². The van der Waals surface area contributed by atoms with Crippen LogP contribution in [-0.2, 0) is 6.54 Å². The molecule has 2 aromatic carbocycles. The van der Waals surface area contributed by atoms with Gasteiger partial charge in [0.1, 0.15) is 5.75 Å². The van der Waals surface area contributed by atoms with Crippen molar-refractivity contribution in [3.8, 4) is 5.75 Å². The lowest BCUT2D eigenvalue weighted by Gasteiger charge is -2.13. The first-order valence-corrected chi connectivity index (χ1v) is 6.86. The van der Waals surface area contributed by atoms with Crippen molar-refractivity contribution >= 4 is 28.9 Å². The summed E-state index contributed by atoms with van der Waals surface area (Å²) in [6.45, 7) is 3.19. The second-order valence-corrected chi connectivity index (χ2v) is 4.86. The maximum atomic E-state index is 6.10. The van der Waals surface area contributed by atoms with Gasteiger partial charge in [0.15, 0.2) is 0 Å². The molecule has 0 unspecified atom stereocenters. The lowest BCUT2D eigenvalue weighted by atomic mass is 10.2. The number of hydrogen-bond acceptors (Lipinski definition) is 2. The maximum absolute atomic E-state index is 6.10. The summed E-state index contributed by atoms with van der Waals surface area (Å²) in [5.74, 6) is 0.839. The summed E-state index contributed by atoms with van der Waals surface area (Å²) in [7, 11) is 0. The molecule has 0 fully saturated rings. The van der Waals surface area contributed by atoms with Gasteiger partial charge < -0.3 is 10.1 Å². The number of rotatable bonds is 5. The fraction of sp³-hybridized carbons (Fsp3) is 0.200. The Hall–Kier alpha value is -1.38. The van der Waals surface area contributed by atoms with E-state index in [-0.39, 0.29) is 0 Å². The molecule has 0 radical (unpaired) electrons. The predicted molar refractivity (Wildman–Crippen MR) is 81.4 cm³/mol. The molecular weight excluding hydrogens is 281 g/mol. The number of para-hydroxylation sites is 1. The van der Waals surface area contributed by atoms with Crippen molar-refractivity contribution in [1.82, 2.24) is 0 Å². The summed E-state index contributed by atoms with van der Waals surface area (Å²) in [4.78, 5) is 0. The molecule has 0 aliphatic carbocycles. The highest BCUT2D eigenvalue weighted by Gasteiger charge is 2.05. The second kappa shape index (κ2) is 6.69. The van der Waals surface area contributed by atoms with Crippen molar-refractivity contribution in [3.05, 3.63) is 58.1 Å². The molecule has 2 aromatic rings. The molecule has 1 N–H and O–H groups in total. The second-order valence-electron chi connectivity index (χ2n) is 4.02. The van der Waals surface area contributed by atoms with E-state index in [4.69, 9.17) is 27.9 Å². The van der Waals surface area contributed by atoms with Crippen LogP contribution in [0.2, 0.25) is 10.0 Å². The van der Waals surface area contributed by atoms with E-state index in [1.165, 1.54) is 0 Å². The zero-order chi connectivity index (χ0) is 13.7. The molecule has 0 spiro atoms. The largest absolute Gasteiger partial charge is 0.494 e. The third-order valence-electron chi connectivity index (χ3n) is 2.67. The molecule has 0 bridgehead atoms. The van der Waals surface area contributed by atoms with E-state index in [2.05, 4.69) is 5.32 Å². The third kappa shape index (κ3) is 3.79. The van der Waals surface area contributed by atoms with Gasteiger partial charge in [0.05, 0.1) is 17.3 Å². The van der Waals surface area contributed by atoms with E-state index < -0.39 is 0 Å². The normalized spacial score (nSPS) is 10.3.